The molecule has 6 heteroatoms. The lowest BCUT2D eigenvalue weighted by Gasteiger charge is -2.36. The maximum atomic E-state index is 12.0. The lowest BCUT2D eigenvalue weighted by molar-refractivity contribution is 0.0525. The predicted octanol–water partition coefficient (Wildman–Crippen LogP) is 3.87. The fourth-order valence-electron chi connectivity index (χ4n) is 3.92. The molecule has 2 aliphatic rings. The van der Waals surface area contributed by atoms with Crippen LogP contribution in [0.4, 0.5) is 0 Å². The Hall–Kier alpha value is -1.30. The number of carbonyl (C=O) groups is 1. The van der Waals surface area contributed by atoms with E-state index in [1.165, 1.54) is 19.3 Å². The first-order chi connectivity index (χ1) is 13.2. The Morgan fingerprint density at radius 3 is 2.96 bits per heavy atom. The van der Waals surface area contributed by atoms with Crippen LogP contribution >= 0.6 is 11.6 Å². The molecule has 0 amide bonds. The summed E-state index contributed by atoms with van der Waals surface area (Å²) in [4.78, 5) is 14.6. The first-order valence-electron chi connectivity index (χ1n) is 10.0. The van der Waals surface area contributed by atoms with Gasteiger partial charge in [-0.3, -0.25) is 4.90 Å². The molecule has 2 saturated heterocycles. The minimum absolute atomic E-state index is 0.253. The fourth-order valence-corrected chi connectivity index (χ4v) is 4.14. The second kappa shape index (κ2) is 10.3. The molecule has 0 aliphatic carbocycles. The maximum absolute atomic E-state index is 12.0. The van der Waals surface area contributed by atoms with Gasteiger partial charge in [-0.1, -0.05) is 6.42 Å². The number of nitrogens with zero attached hydrogens (tertiary/aromatic N) is 1. The third-order valence-corrected chi connectivity index (χ3v) is 5.71. The van der Waals surface area contributed by atoms with E-state index in [0.29, 0.717) is 30.7 Å². The van der Waals surface area contributed by atoms with Crippen molar-refractivity contribution < 1.29 is 19.0 Å². The molecule has 2 atom stereocenters. The molecule has 0 radical (unpaired) electrons. The molecule has 27 heavy (non-hydrogen) atoms. The van der Waals surface area contributed by atoms with Gasteiger partial charge in [0.25, 0.3) is 0 Å². The van der Waals surface area contributed by atoms with Gasteiger partial charge < -0.3 is 14.2 Å². The molecule has 1 aromatic rings. The number of halogens is 1. The zero-order valence-electron chi connectivity index (χ0n) is 16.1. The van der Waals surface area contributed by atoms with Gasteiger partial charge in [0, 0.05) is 25.1 Å². The minimum Gasteiger partial charge on any atom is -0.492 e. The van der Waals surface area contributed by atoms with Crippen LogP contribution in [0, 0.1) is 5.92 Å². The molecule has 2 aliphatic heterocycles. The smallest absolute Gasteiger partial charge is 0.338 e. The second-order valence-electron chi connectivity index (χ2n) is 7.36. The van der Waals surface area contributed by atoms with Crippen LogP contribution in [-0.2, 0) is 15.4 Å². The highest BCUT2D eigenvalue weighted by Gasteiger charge is 2.27. The summed E-state index contributed by atoms with van der Waals surface area (Å²) in [5, 5.41) is 0. The highest BCUT2D eigenvalue weighted by atomic mass is 35.5. The summed E-state index contributed by atoms with van der Waals surface area (Å²) in [7, 11) is 0. The number of hydrogen-bond acceptors (Lipinski definition) is 5. The van der Waals surface area contributed by atoms with E-state index in [1.807, 2.05) is 12.1 Å². The van der Waals surface area contributed by atoms with Gasteiger partial charge in [-0.15, -0.1) is 11.6 Å². The Balaban J connectivity index is 1.59. The van der Waals surface area contributed by atoms with Crippen LogP contribution in [-0.4, -0.2) is 56.4 Å². The van der Waals surface area contributed by atoms with Gasteiger partial charge in [0.1, 0.15) is 12.4 Å². The molecule has 2 fully saturated rings. The van der Waals surface area contributed by atoms with Gasteiger partial charge in [-0.25, -0.2) is 4.79 Å². The van der Waals surface area contributed by atoms with E-state index in [-0.39, 0.29) is 11.8 Å². The lowest BCUT2D eigenvalue weighted by Crippen LogP contribution is -2.45. The zero-order valence-corrected chi connectivity index (χ0v) is 16.9. The molecule has 1 unspecified atom stereocenters. The first kappa shape index (κ1) is 20.4. The summed E-state index contributed by atoms with van der Waals surface area (Å²) in [6.45, 7) is 6.83. The lowest BCUT2D eigenvalue weighted by atomic mass is 10.00. The number of likely N-dealkylation sites (tertiary alicyclic amines) is 1. The highest BCUT2D eigenvalue weighted by Crippen LogP contribution is 2.24. The fraction of sp³-hybridized carbons (Fsp3) is 0.667. The number of benzene rings is 1. The summed E-state index contributed by atoms with van der Waals surface area (Å²) in [6, 6.07) is 5.88. The normalized spacial score (nSPS) is 23.3. The van der Waals surface area contributed by atoms with Crippen LogP contribution in [0.5, 0.6) is 5.75 Å². The highest BCUT2D eigenvalue weighted by molar-refractivity contribution is 6.17. The number of carbonyl (C=O) groups excluding carboxylic acids is 1. The van der Waals surface area contributed by atoms with Gasteiger partial charge in [0.05, 0.1) is 18.8 Å². The second-order valence-corrected chi connectivity index (χ2v) is 7.63. The molecule has 0 N–H and O–H groups in total. The zero-order chi connectivity index (χ0) is 19.1. The van der Waals surface area contributed by atoms with E-state index in [4.69, 9.17) is 25.8 Å². The monoisotopic (exact) mass is 395 g/mol. The van der Waals surface area contributed by atoms with Gasteiger partial charge in [-0.2, -0.15) is 0 Å². The van der Waals surface area contributed by atoms with Crippen LogP contribution in [0.3, 0.4) is 0 Å². The maximum Gasteiger partial charge on any atom is 0.338 e. The Morgan fingerprint density at radius 2 is 2.22 bits per heavy atom. The summed E-state index contributed by atoms with van der Waals surface area (Å²) >= 11 is 6.03. The van der Waals surface area contributed by atoms with Crippen molar-refractivity contribution >= 4 is 17.6 Å². The van der Waals surface area contributed by atoms with Crippen molar-refractivity contribution in [3.05, 3.63) is 29.3 Å². The van der Waals surface area contributed by atoms with Crippen molar-refractivity contribution in [2.24, 2.45) is 5.92 Å². The Labute approximate surface area is 166 Å². The van der Waals surface area contributed by atoms with Crippen LogP contribution in [0.25, 0.3) is 0 Å². The Kier molecular flexibility index (Phi) is 7.80. The van der Waals surface area contributed by atoms with E-state index in [1.54, 1.807) is 13.0 Å². The molecule has 3 rings (SSSR count). The van der Waals surface area contributed by atoms with E-state index >= 15 is 0 Å². The topological polar surface area (TPSA) is 48.0 Å². The number of esters is 1. The third-order valence-electron chi connectivity index (χ3n) is 5.42. The number of hydrogen-bond donors (Lipinski definition) is 0. The Bertz CT molecular complexity index is 618. The van der Waals surface area contributed by atoms with Gasteiger partial charge in [-0.05, 0) is 62.4 Å². The van der Waals surface area contributed by atoms with Crippen molar-refractivity contribution in [1.29, 1.82) is 0 Å². The van der Waals surface area contributed by atoms with Gasteiger partial charge in [0.15, 0.2) is 0 Å². The molecule has 0 bridgehead atoms. The average Bonchev–Trinajstić information content (AvgIpc) is 3.20. The molecule has 0 aromatic heterocycles. The molecule has 0 saturated carbocycles. The third kappa shape index (κ3) is 5.59. The Morgan fingerprint density at radius 1 is 1.33 bits per heavy atom. The average molecular weight is 396 g/mol. The molecule has 150 valence electrons. The molecular formula is C21H30ClNO4. The largest absolute Gasteiger partial charge is 0.492 e. The molecule has 0 spiro atoms. The quantitative estimate of drug-likeness (QED) is 0.494. The van der Waals surface area contributed by atoms with Crippen LogP contribution in [0.15, 0.2) is 18.2 Å². The van der Waals surface area contributed by atoms with E-state index in [2.05, 4.69) is 4.90 Å². The van der Waals surface area contributed by atoms with Crippen molar-refractivity contribution in [1.82, 2.24) is 4.90 Å². The summed E-state index contributed by atoms with van der Waals surface area (Å²) in [5.41, 5.74) is 1.26. The SMILES string of the molecule is CCOC(=O)c1ccc(OC[C@H]2CCCCN2CC2CCOC2)cc1CCl. The van der Waals surface area contributed by atoms with E-state index in [9.17, 15) is 4.79 Å². The van der Waals surface area contributed by atoms with Crippen molar-refractivity contribution in [2.75, 3.05) is 39.5 Å². The minimum atomic E-state index is -0.336. The first-order valence-corrected chi connectivity index (χ1v) is 10.5. The molecule has 1 aromatic carbocycles. The summed E-state index contributed by atoms with van der Waals surface area (Å²) in [6.07, 6.45) is 4.84. The van der Waals surface area contributed by atoms with E-state index in [0.717, 1.165) is 44.0 Å². The molecular weight excluding hydrogens is 366 g/mol. The van der Waals surface area contributed by atoms with Crippen molar-refractivity contribution in [3.63, 3.8) is 0 Å². The predicted molar refractivity (Wildman–Crippen MR) is 106 cm³/mol. The van der Waals surface area contributed by atoms with E-state index < -0.39 is 0 Å². The van der Waals surface area contributed by atoms with Gasteiger partial charge in [0.2, 0.25) is 0 Å². The van der Waals surface area contributed by atoms with Crippen molar-refractivity contribution in [2.45, 2.75) is 44.5 Å². The number of alkyl halides is 1. The van der Waals surface area contributed by atoms with Crippen LogP contribution in [0.2, 0.25) is 0 Å². The number of ether oxygens (including phenoxy) is 3. The summed E-state index contributed by atoms with van der Waals surface area (Å²) < 4.78 is 16.7. The van der Waals surface area contributed by atoms with Crippen molar-refractivity contribution in [3.8, 4) is 5.75 Å². The van der Waals surface area contributed by atoms with Crippen LogP contribution in [0.1, 0.15) is 48.5 Å². The van der Waals surface area contributed by atoms with Gasteiger partial charge >= 0.3 is 5.97 Å². The van der Waals surface area contributed by atoms with Crippen LogP contribution < -0.4 is 4.74 Å². The number of piperidine rings is 1. The summed E-state index contributed by atoms with van der Waals surface area (Å²) in [5.74, 6) is 1.32. The molecule has 2 heterocycles. The molecule has 5 nitrogen and oxygen atoms in total. The number of rotatable bonds is 8. The standard InChI is InChI=1S/C21H30ClNO4/c1-2-26-21(24)20-7-6-19(11-17(20)12-22)27-15-18-5-3-4-9-23(18)13-16-8-10-25-14-16/h6-7,11,16,18H,2-5,8-10,12-15H2,1H3/t16?,18-/m1/s1.